The lowest BCUT2D eigenvalue weighted by Crippen LogP contribution is -2.37. The summed E-state index contributed by atoms with van der Waals surface area (Å²) in [6, 6.07) is 0. The van der Waals surface area contributed by atoms with Crippen molar-refractivity contribution in [1.29, 1.82) is 0 Å². The lowest BCUT2D eigenvalue weighted by Gasteiger charge is -2.32. The number of aromatic nitrogens is 1. The van der Waals surface area contributed by atoms with Gasteiger partial charge in [0, 0.05) is 24.2 Å². The third-order valence-corrected chi connectivity index (χ3v) is 5.01. The van der Waals surface area contributed by atoms with E-state index in [9.17, 15) is 4.79 Å². The molecule has 1 aromatic heterocycles. The molecule has 108 valence electrons. The third-order valence-electron chi connectivity index (χ3n) is 4.13. The van der Waals surface area contributed by atoms with Gasteiger partial charge in [-0.2, -0.15) is 0 Å². The van der Waals surface area contributed by atoms with Crippen LogP contribution in [0.5, 0.6) is 0 Å². The summed E-state index contributed by atoms with van der Waals surface area (Å²) in [7, 11) is 2.02. The first-order chi connectivity index (χ1) is 9.20. The van der Waals surface area contributed by atoms with Gasteiger partial charge in [-0.3, -0.25) is 4.79 Å². The molecule has 0 spiro atoms. The zero-order chi connectivity index (χ0) is 13.7. The minimum absolute atomic E-state index is 0.182. The van der Waals surface area contributed by atoms with E-state index in [2.05, 4.69) is 10.2 Å². The first kappa shape index (κ1) is 14.8. The Labute approximate surface area is 119 Å². The molecule has 0 aliphatic carbocycles. The lowest BCUT2D eigenvalue weighted by molar-refractivity contribution is 0.173. The Balaban J connectivity index is 1.73. The molecule has 0 saturated carbocycles. The number of piperidine rings is 1. The van der Waals surface area contributed by atoms with Crippen LogP contribution in [0.4, 0.5) is 0 Å². The molecule has 0 bridgehead atoms. The predicted molar refractivity (Wildman–Crippen MR) is 81.0 cm³/mol. The molecule has 1 fully saturated rings. The Morgan fingerprint density at radius 2 is 2.11 bits per heavy atom. The molecule has 19 heavy (non-hydrogen) atoms. The van der Waals surface area contributed by atoms with Crippen molar-refractivity contribution in [2.45, 2.75) is 32.7 Å². The number of hydrogen-bond acceptors (Lipinski definition) is 4. The Hall–Kier alpha value is -0.650. The molecule has 0 radical (unpaired) electrons. The summed E-state index contributed by atoms with van der Waals surface area (Å²) in [6.45, 7) is 7.38. The van der Waals surface area contributed by atoms with Crippen LogP contribution >= 0.6 is 11.3 Å². The molecule has 1 aromatic rings. The Kier molecular flexibility index (Phi) is 5.60. The molecular weight excluding hydrogens is 258 g/mol. The molecule has 1 aliphatic heterocycles. The molecule has 0 atom stereocenters. The molecule has 2 heterocycles. The van der Waals surface area contributed by atoms with E-state index in [-0.39, 0.29) is 4.87 Å². The fraction of sp³-hybridized carbons (Fsp3) is 0.786. The van der Waals surface area contributed by atoms with Gasteiger partial charge >= 0.3 is 4.87 Å². The first-order valence-electron chi connectivity index (χ1n) is 7.22. The number of rotatable bonds is 6. The van der Waals surface area contributed by atoms with Crippen LogP contribution in [0, 0.1) is 12.8 Å². The Morgan fingerprint density at radius 1 is 1.37 bits per heavy atom. The van der Waals surface area contributed by atoms with Gasteiger partial charge in [0.05, 0.1) is 0 Å². The molecule has 1 N–H and O–H groups in total. The van der Waals surface area contributed by atoms with Crippen LogP contribution in [0.25, 0.3) is 0 Å². The normalized spacial score (nSPS) is 18.0. The average Bonchev–Trinajstić information content (AvgIpc) is 2.75. The van der Waals surface area contributed by atoms with Gasteiger partial charge in [-0.15, -0.1) is 0 Å². The summed E-state index contributed by atoms with van der Waals surface area (Å²) in [5, 5.41) is 5.18. The minimum Gasteiger partial charge on any atom is -0.320 e. The van der Waals surface area contributed by atoms with Crippen LogP contribution in [0.2, 0.25) is 0 Å². The van der Waals surface area contributed by atoms with Gasteiger partial charge in [0.2, 0.25) is 0 Å². The predicted octanol–water partition coefficient (Wildman–Crippen LogP) is 1.54. The molecule has 4 nitrogen and oxygen atoms in total. The van der Waals surface area contributed by atoms with Crippen LogP contribution in [0.15, 0.2) is 10.2 Å². The van der Waals surface area contributed by atoms with Crippen LogP contribution in [0.3, 0.4) is 0 Å². The summed E-state index contributed by atoms with van der Waals surface area (Å²) in [6.07, 6.45) is 3.91. The maximum absolute atomic E-state index is 11.6. The van der Waals surface area contributed by atoms with Crippen LogP contribution in [-0.4, -0.2) is 42.7 Å². The number of hydrogen-bond donors (Lipinski definition) is 1. The van der Waals surface area contributed by atoms with Gasteiger partial charge in [-0.1, -0.05) is 11.3 Å². The smallest absolute Gasteiger partial charge is 0.307 e. The number of aryl methyl sites for hydroxylation is 1. The van der Waals surface area contributed by atoms with E-state index in [0.29, 0.717) is 0 Å². The van der Waals surface area contributed by atoms with E-state index in [1.54, 1.807) is 0 Å². The summed E-state index contributed by atoms with van der Waals surface area (Å²) >= 11 is 1.31. The van der Waals surface area contributed by atoms with Crippen molar-refractivity contribution in [3.05, 3.63) is 20.7 Å². The highest BCUT2D eigenvalue weighted by atomic mass is 32.1. The summed E-state index contributed by atoms with van der Waals surface area (Å²) in [5.41, 5.74) is 1.10. The molecule has 1 aliphatic rings. The summed E-state index contributed by atoms with van der Waals surface area (Å²) < 4.78 is 1.90. The van der Waals surface area contributed by atoms with Crippen LogP contribution in [-0.2, 0) is 6.54 Å². The molecular formula is C14H25N3OS. The van der Waals surface area contributed by atoms with Gasteiger partial charge in [0.1, 0.15) is 0 Å². The lowest BCUT2D eigenvalue weighted by atomic mass is 9.93. The van der Waals surface area contributed by atoms with E-state index in [1.807, 2.05) is 23.9 Å². The highest BCUT2D eigenvalue weighted by Crippen LogP contribution is 2.19. The van der Waals surface area contributed by atoms with Crippen molar-refractivity contribution in [2.24, 2.45) is 5.92 Å². The fourth-order valence-corrected chi connectivity index (χ4v) is 3.52. The minimum atomic E-state index is 0.182. The topological polar surface area (TPSA) is 37.3 Å². The molecule has 2 rings (SSSR count). The van der Waals surface area contributed by atoms with Gasteiger partial charge in [0.25, 0.3) is 0 Å². The van der Waals surface area contributed by atoms with Gasteiger partial charge in [0.15, 0.2) is 0 Å². The summed E-state index contributed by atoms with van der Waals surface area (Å²) in [4.78, 5) is 14.3. The quantitative estimate of drug-likeness (QED) is 0.860. The zero-order valence-corrected chi connectivity index (χ0v) is 12.8. The van der Waals surface area contributed by atoms with E-state index in [0.717, 1.165) is 31.2 Å². The fourth-order valence-electron chi connectivity index (χ4n) is 2.76. The van der Waals surface area contributed by atoms with Crippen molar-refractivity contribution in [3.63, 3.8) is 0 Å². The Morgan fingerprint density at radius 3 is 2.68 bits per heavy atom. The second-order valence-corrected chi connectivity index (χ2v) is 6.29. The standard InChI is InChI=1S/C14H25N3OS/c1-12-11-19-14(18)17(12)10-9-16-7-4-13(5-8-16)3-6-15-2/h11,13,15H,3-10H2,1-2H3. The number of likely N-dealkylation sites (tertiary alicyclic amines) is 1. The largest absolute Gasteiger partial charge is 0.320 e. The van der Waals surface area contributed by atoms with Crippen molar-refractivity contribution < 1.29 is 0 Å². The second kappa shape index (κ2) is 7.22. The number of nitrogens with one attached hydrogen (secondary N) is 1. The highest BCUT2D eigenvalue weighted by Gasteiger charge is 2.18. The SMILES string of the molecule is CNCCC1CCN(CCn2c(C)csc2=O)CC1. The second-order valence-electron chi connectivity index (χ2n) is 5.47. The van der Waals surface area contributed by atoms with Crippen molar-refractivity contribution in [2.75, 3.05) is 33.2 Å². The molecule has 0 aromatic carbocycles. The molecule has 0 amide bonds. The summed E-state index contributed by atoms with van der Waals surface area (Å²) in [5.74, 6) is 0.884. The zero-order valence-electron chi connectivity index (χ0n) is 12.0. The monoisotopic (exact) mass is 283 g/mol. The third kappa shape index (κ3) is 4.16. The van der Waals surface area contributed by atoms with Crippen LogP contribution < -0.4 is 10.2 Å². The van der Waals surface area contributed by atoms with Gasteiger partial charge in [-0.05, 0) is 58.8 Å². The van der Waals surface area contributed by atoms with E-state index in [4.69, 9.17) is 0 Å². The van der Waals surface area contributed by atoms with Gasteiger partial charge in [-0.25, -0.2) is 0 Å². The van der Waals surface area contributed by atoms with Gasteiger partial charge < -0.3 is 14.8 Å². The van der Waals surface area contributed by atoms with Crippen molar-refractivity contribution >= 4 is 11.3 Å². The number of nitrogens with zero attached hydrogens (tertiary/aromatic N) is 2. The Bertz CT molecular complexity index is 432. The maximum atomic E-state index is 11.6. The van der Waals surface area contributed by atoms with E-state index in [1.165, 1.54) is 43.7 Å². The molecule has 0 unspecified atom stereocenters. The highest BCUT2D eigenvalue weighted by molar-refractivity contribution is 7.07. The average molecular weight is 283 g/mol. The first-order valence-corrected chi connectivity index (χ1v) is 8.10. The molecule has 5 heteroatoms. The van der Waals surface area contributed by atoms with Crippen molar-refractivity contribution in [1.82, 2.24) is 14.8 Å². The number of thiazole rings is 1. The maximum Gasteiger partial charge on any atom is 0.307 e. The van der Waals surface area contributed by atoms with E-state index < -0.39 is 0 Å². The van der Waals surface area contributed by atoms with Crippen LogP contribution in [0.1, 0.15) is 25.0 Å². The molecule has 1 saturated heterocycles. The van der Waals surface area contributed by atoms with E-state index >= 15 is 0 Å². The van der Waals surface area contributed by atoms with Crippen molar-refractivity contribution in [3.8, 4) is 0 Å².